The van der Waals surface area contributed by atoms with E-state index in [0.29, 0.717) is 17.0 Å². The molecule has 0 heterocycles. The van der Waals surface area contributed by atoms with Crippen LogP contribution in [0.15, 0.2) is 42.5 Å². The van der Waals surface area contributed by atoms with Gasteiger partial charge in [-0.15, -0.1) is 0 Å². The largest absolute Gasteiger partial charge is 0.506 e. The first kappa shape index (κ1) is 15.2. The van der Waals surface area contributed by atoms with Crippen LogP contribution in [-0.4, -0.2) is 17.1 Å². The number of amides is 1. The quantitative estimate of drug-likeness (QED) is 0.837. The fourth-order valence-electron chi connectivity index (χ4n) is 1.77. The van der Waals surface area contributed by atoms with Gasteiger partial charge in [0, 0.05) is 11.3 Å². The molecule has 110 valence electrons. The van der Waals surface area contributed by atoms with Gasteiger partial charge in [0.1, 0.15) is 11.5 Å². The van der Waals surface area contributed by atoms with Crippen molar-refractivity contribution in [3.8, 4) is 11.5 Å². The van der Waals surface area contributed by atoms with Crippen LogP contribution in [0.25, 0.3) is 0 Å². The Morgan fingerprint density at radius 2 is 2.00 bits per heavy atom. The molecule has 0 saturated carbocycles. The Kier molecular flexibility index (Phi) is 4.70. The van der Waals surface area contributed by atoms with Gasteiger partial charge >= 0.3 is 0 Å². The van der Waals surface area contributed by atoms with E-state index in [9.17, 15) is 9.90 Å². The molecular weight excluding hydrogens is 290 g/mol. The van der Waals surface area contributed by atoms with Crippen LogP contribution in [0, 0.1) is 0 Å². The highest BCUT2D eigenvalue weighted by atomic mass is 35.5. The number of hydrogen-bond donors (Lipinski definition) is 2. The number of carbonyl (C=O) groups excluding carboxylic acids is 1. The molecule has 4 nitrogen and oxygen atoms in total. The maximum absolute atomic E-state index is 12.2. The summed E-state index contributed by atoms with van der Waals surface area (Å²) in [5.74, 6) is 0.342. The van der Waals surface area contributed by atoms with E-state index in [0.717, 1.165) is 0 Å². The van der Waals surface area contributed by atoms with E-state index in [1.807, 2.05) is 13.8 Å². The van der Waals surface area contributed by atoms with Crippen LogP contribution in [0.2, 0.25) is 5.02 Å². The van der Waals surface area contributed by atoms with Crippen LogP contribution in [0.3, 0.4) is 0 Å². The van der Waals surface area contributed by atoms with Crippen molar-refractivity contribution >= 4 is 23.2 Å². The number of carbonyl (C=O) groups is 1. The summed E-state index contributed by atoms with van der Waals surface area (Å²) >= 11 is 5.80. The van der Waals surface area contributed by atoms with E-state index >= 15 is 0 Å². The van der Waals surface area contributed by atoms with E-state index in [2.05, 4.69) is 5.32 Å². The molecular formula is C16H16ClNO3. The second-order valence-corrected chi connectivity index (χ2v) is 5.22. The molecule has 0 aliphatic rings. The molecule has 0 aliphatic heterocycles. The third kappa shape index (κ3) is 4.13. The molecule has 0 unspecified atom stereocenters. The normalized spacial score (nSPS) is 10.5. The Morgan fingerprint density at radius 1 is 1.24 bits per heavy atom. The van der Waals surface area contributed by atoms with Crippen molar-refractivity contribution in [2.45, 2.75) is 20.0 Å². The maximum Gasteiger partial charge on any atom is 0.255 e. The maximum atomic E-state index is 12.2. The SMILES string of the molecule is CC(C)Oc1cccc(C(=O)Nc2ccc(O)c(Cl)c2)c1. The zero-order valence-electron chi connectivity index (χ0n) is 11.8. The molecule has 2 N–H and O–H groups in total. The lowest BCUT2D eigenvalue weighted by Gasteiger charge is -2.11. The molecule has 2 aromatic rings. The van der Waals surface area contributed by atoms with Crippen LogP contribution in [-0.2, 0) is 0 Å². The van der Waals surface area contributed by atoms with Gasteiger partial charge < -0.3 is 15.2 Å². The van der Waals surface area contributed by atoms with Gasteiger partial charge in [-0.2, -0.15) is 0 Å². The summed E-state index contributed by atoms with van der Waals surface area (Å²) in [7, 11) is 0. The monoisotopic (exact) mass is 305 g/mol. The molecule has 0 radical (unpaired) electrons. The van der Waals surface area contributed by atoms with Gasteiger partial charge in [0.15, 0.2) is 0 Å². The number of benzene rings is 2. The Morgan fingerprint density at radius 3 is 2.67 bits per heavy atom. The second kappa shape index (κ2) is 6.50. The van der Waals surface area contributed by atoms with Crippen molar-refractivity contribution in [3.05, 3.63) is 53.1 Å². The lowest BCUT2D eigenvalue weighted by Crippen LogP contribution is -2.12. The molecule has 0 atom stereocenters. The van der Waals surface area contributed by atoms with Gasteiger partial charge in [0.2, 0.25) is 0 Å². The average molecular weight is 306 g/mol. The highest BCUT2D eigenvalue weighted by Gasteiger charge is 2.09. The van der Waals surface area contributed by atoms with Crippen LogP contribution >= 0.6 is 11.6 Å². The number of nitrogens with one attached hydrogen (secondary N) is 1. The van der Waals surface area contributed by atoms with Gasteiger partial charge in [-0.05, 0) is 50.2 Å². The molecule has 2 aromatic carbocycles. The third-order valence-corrected chi connectivity index (χ3v) is 2.98. The number of ether oxygens (including phenoxy) is 1. The first-order chi connectivity index (χ1) is 9.95. The lowest BCUT2D eigenvalue weighted by atomic mass is 10.2. The standard InChI is InChI=1S/C16H16ClNO3/c1-10(2)21-13-5-3-4-11(8-13)16(20)18-12-6-7-15(19)14(17)9-12/h3-10,19H,1-2H3,(H,18,20). The molecule has 1 amide bonds. The van der Waals surface area contributed by atoms with Gasteiger partial charge in [0.25, 0.3) is 5.91 Å². The summed E-state index contributed by atoms with van der Waals surface area (Å²) in [4.78, 5) is 12.2. The fraction of sp³-hybridized carbons (Fsp3) is 0.188. The van der Waals surface area contributed by atoms with Crippen LogP contribution in [0.4, 0.5) is 5.69 Å². The van der Waals surface area contributed by atoms with Crippen molar-refractivity contribution in [3.63, 3.8) is 0 Å². The molecule has 2 rings (SSSR count). The van der Waals surface area contributed by atoms with E-state index < -0.39 is 0 Å². The van der Waals surface area contributed by atoms with Gasteiger partial charge in [-0.1, -0.05) is 17.7 Å². The summed E-state index contributed by atoms with van der Waals surface area (Å²) < 4.78 is 5.56. The molecule has 5 heteroatoms. The van der Waals surface area contributed by atoms with Crippen molar-refractivity contribution in [2.24, 2.45) is 0 Å². The van der Waals surface area contributed by atoms with Crippen LogP contribution in [0.5, 0.6) is 11.5 Å². The van der Waals surface area contributed by atoms with E-state index in [-0.39, 0.29) is 22.8 Å². The van der Waals surface area contributed by atoms with Crippen molar-refractivity contribution in [2.75, 3.05) is 5.32 Å². The molecule has 0 aliphatic carbocycles. The predicted octanol–water partition coefficient (Wildman–Crippen LogP) is 4.09. The zero-order valence-corrected chi connectivity index (χ0v) is 12.5. The smallest absolute Gasteiger partial charge is 0.255 e. The predicted molar refractivity (Wildman–Crippen MR) is 83.3 cm³/mol. The number of halogens is 1. The first-order valence-electron chi connectivity index (χ1n) is 6.52. The Labute approximate surface area is 128 Å². The summed E-state index contributed by atoms with van der Waals surface area (Å²) in [6.07, 6.45) is 0.0409. The number of rotatable bonds is 4. The number of hydrogen-bond acceptors (Lipinski definition) is 3. The summed E-state index contributed by atoms with van der Waals surface area (Å²) in [6, 6.07) is 11.4. The van der Waals surface area contributed by atoms with Crippen molar-refractivity contribution < 1.29 is 14.6 Å². The average Bonchev–Trinajstić information content (AvgIpc) is 2.42. The van der Waals surface area contributed by atoms with E-state index in [1.165, 1.54) is 12.1 Å². The minimum atomic E-state index is -0.272. The number of anilines is 1. The summed E-state index contributed by atoms with van der Waals surface area (Å²) in [6.45, 7) is 3.84. The lowest BCUT2D eigenvalue weighted by molar-refractivity contribution is 0.102. The minimum absolute atomic E-state index is 0.0259. The second-order valence-electron chi connectivity index (χ2n) is 4.81. The van der Waals surface area contributed by atoms with Crippen LogP contribution < -0.4 is 10.1 Å². The molecule has 0 bridgehead atoms. The van der Waals surface area contributed by atoms with E-state index in [4.69, 9.17) is 16.3 Å². The first-order valence-corrected chi connectivity index (χ1v) is 6.90. The number of phenols is 1. The Bertz CT molecular complexity index is 656. The molecule has 21 heavy (non-hydrogen) atoms. The molecule has 0 fully saturated rings. The minimum Gasteiger partial charge on any atom is -0.506 e. The van der Waals surface area contributed by atoms with Gasteiger partial charge in [-0.3, -0.25) is 4.79 Å². The Hall–Kier alpha value is -2.20. The van der Waals surface area contributed by atoms with E-state index in [1.54, 1.807) is 30.3 Å². The Balaban J connectivity index is 2.14. The summed E-state index contributed by atoms with van der Waals surface area (Å²) in [5, 5.41) is 12.3. The van der Waals surface area contributed by atoms with Crippen LogP contribution in [0.1, 0.15) is 24.2 Å². The topological polar surface area (TPSA) is 58.6 Å². The molecule has 0 saturated heterocycles. The number of phenolic OH excluding ortho intramolecular Hbond substituents is 1. The fourth-order valence-corrected chi connectivity index (χ4v) is 1.95. The summed E-state index contributed by atoms with van der Waals surface area (Å²) in [5.41, 5.74) is 0.996. The highest BCUT2D eigenvalue weighted by Crippen LogP contribution is 2.26. The van der Waals surface area contributed by atoms with Gasteiger partial charge in [0.05, 0.1) is 11.1 Å². The molecule has 0 spiro atoms. The van der Waals surface area contributed by atoms with Crippen molar-refractivity contribution in [1.82, 2.24) is 0 Å². The van der Waals surface area contributed by atoms with Gasteiger partial charge in [-0.25, -0.2) is 0 Å². The molecule has 0 aromatic heterocycles. The van der Waals surface area contributed by atoms with Crippen molar-refractivity contribution in [1.29, 1.82) is 0 Å². The number of aromatic hydroxyl groups is 1. The third-order valence-electron chi connectivity index (χ3n) is 2.67. The zero-order chi connectivity index (χ0) is 15.4. The highest BCUT2D eigenvalue weighted by molar-refractivity contribution is 6.32.